The zero-order valence-corrected chi connectivity index (χ0v) is 15.0. The minimum atomic E-state index is -0.209. The van der Waals surface area contributed by atoms with Crippen molar-refractivity contribution in [2.45, 2.75) is 39.0 Å². The van der Waals surface area contributed by atoms with E-state index in [1.807, 2.05) is 26.0 Å². The second kappa shape index (κ2) is 8.62. The summed E-state index contributed by atoms with van der Waals surface area (Å²) in [7, 11) is 0. The molecule has 1 N–H and O–H groups in total. The van der Waals surface area contributed by atoms with Crippen LogP contribution < -0.4 is 14.8 Å². The normalized spacial score (nSPS) is 16.5. The molecule has 3 heterocycles. The van der Waals surface area contributed by atoms with Crippen molar-refractivity contribution >= 4 is 5.91 Å². The molecular formula is C19H23N3O4. The van der Waals surface area contributed by atoms with Crippen LogP contribution in [0.15, 0.2) is 36.7 Å². The third-order valence-corrected chi connectivity index (χ3v) is 3.81. The summed E-state index contributed by atoms with van der Waals surface area (Å²) in [6, 6.07) is 6.99. The Bertz CT molecular complexity index is 745. The number of aromatic nitrogens is 2. The van der Waals surface area contributed by atoms with Gasteiger partial charge in [0.05, 0.1) is 19.3 Å². The van der Waals surface area contributed by atoms with Crippen molar-refractivity contribution in [3.05, 3.63) is 47.8 Å². The highest BCUT2D eigenvalue weighted by Gasteiger charge is 2.18. The summed E-state index contributed by atoms with van der Waals surface area (Å²) in [5.41, 5.74) is 1.31. The lowest BCUT2D eigenvalue weighted by Gasteiger charge is -2.14. The van der Waals surface area contributed by atoms with Crippen molar-refractivity contribution in [2.24, 2.45) is 0 Å². The quantitative estimate of drug-likeness (QED) is 0.819. The average molecular weight is 357 g/mol. The highest BCUT2D eigenvalue weighted by molar-refractivity contribution is 5.94. The van der Waals surface area contributed by atoms with Gasteiger partial charge in [0.15, 0.2) is 0 Å². The molecule has 0 radical (unpaired) electrons. The Morgan fingerprint density at radius 3 is 3.00 bits per heavy atom. The fourth-order valence-electron chi connectivity index (χ4n) is 2.56. The second-order valence-electron chi connectivity index (χ2n) is 6.30. The Balaban J connectivity index is 1.61. The van der Waals surface area contributed by atoms with Crippen LogP contribution in [0.5, 0.6) is 11.8 Å². The Hall–Kier alpha value is -2.67. The van der Waals surface area contributed by atoms with Crippen molar-refractivity contribution < 1.29 is 19.0 Å². The molecule has 2 aromatic heterocycles. The highest BCUT2D eigenvalue weighted by atomic mass is 16.5. The number of nitrogens with zero attached hydrogens (tertiary/aromatic N) is 2. The molecule has 1 fully saturated rings. The third-order valence-electron chi connectivity index (χ3n) is 3.81. The monoisotopic (exact) mass is 357 g/mol. The van der Waals surface area contributed by atoms with E-state index in [0.29, 0.717) is 37.1 Å². The molecule has 1 saturated heterocycles. The third kappa shape index (κ3) is 4.92. The predicted molar refractivity (Wildman–Crippen MR) is 95.3 cm³/mol. The molecule has 0 aromatic carbocycles. The topological polar surface area (TPSA) is 82.6 Å². The number of nitrogens with one attached hydrogen (secondary N) is 1. The average Bonchev–Trinajstić information content (AvgIpc) is 3.13. The first kappa shape index (κ1) is 18.1. The first-order valence-corrected chi connectivity index (χ1v) is 8.71. The van der Waals surface area contributed by atoms with E-state index in [4.69, 9.17) is 14.2 Å². The fraction of sp³-hybridized carbons (Fsp3) is 0.421. The Morgan fingerprint density at radius 1 is 1.35 bits per heavy atom. The minimum absolute atomic E-state index is 0.00746. The van der Waals surface area contributed by atoms with Gasteiger partial charge in [-0.3, -0.25) is 4.79 Å². The van der Waals surface area contributed by atoms with Crippen LogP contribution >= 0.6 is 0 Å². The van der Waals surface area contributed by atoms with Crippen LogP contribution in [0.1, 0.15) is 36.2 Å². The van der Waals surface area contributed by atoms with Crippen LogP contribution in [0.4, 0.5) is 0 Å². The van der Waals surface area contributed by atoms with Crippen LogP contribution in [-0.2, 0) is 11.3 Å². The highest BCUT2D eigenvalue weighted by Crippen LogP contribution is 2.17. The number of amides is 1. The van der Waals surface area contributed by atoms with E-state index in [9.17, 15) is 4.79 Å². The van der Waals surface area contributed by atoms with Crippen LogP contribution in [0.2, 0.25) is 0 Å². The van der Waals surface area contributed by atoms with E-state index in [2.05, 4.69) is 15.3 Å². The second-order valence-corrected chi connectivity index (χ2v) is 6.30. The van der Waals surface area contributed by atoms with E-state index in [1.54, 1.807) is 24.5 Å². The van der Waals surface area contributed by atoms with Crippen LogP contribution in [-0.4, -0.2) is 41.3 Å². The molecule has 1 aliphatic rings. The summed E-state index contributed by atoms with van der Waals surface area (Å²) in [5.74, 6) is 0.750. The van der Waals surface area contributed by atoms with E-state index >= 15 is 0 Å². The molecule has 7 nitrogen and oxygen atoms in total. The van der Waals surface area contributed by atoms with Gasteiger partial charge in [0.2, 0.25) is 11.8 Å². The Morgan fingerprint density at radius 2 is 2.23 bits per heavy atom. The summed E-state index contributed by atoms with van der Waals surface area (Å²) in [4.78, 5) is 20.8. The van der Waals surface area contributed by atoms with Crippen molar-refractivity contribution in [1.82, 2.24) is 15.3 Å². The number of carbonyl (C=O) groups excluding carboxylic acids is 1. The number of rotatable bonds is 7. The van der Waals surface area contributed by atoms with Crippen LogP contribution in [0.25, 0.3) is 0 Å². The van der Waals surface area contributed by atoms with Gasteiger partial charge in [0.1, 0.15) is 6.10 Å². The van der Waals surface area contributed by atoms with Crippen molar-refractivity contribution in [3.8, 4) is 11.8 Å². The number of hydrogen-bond donors (Lipinski definition) is 1. The standard InChI is InChI=1S/C19H23N3O4/c1-13(2)25-19-15(4-3-7-21-19)11-22-18(23)14-5-8-20-17(10-14)26-16-6-9-24-12-16/h3-5,7-8,10,13,16H,6,9,11-12H2,1-2H3,(H,22,23). The SMILES string of the molecule is CC(C)Oc1ncccc1CNC(=O)c1ccnc(OC2CCOC2)c1. The van der Waals surface area contributed by atoms with Gasteiger partial charge in [0, 0.05) is 42.6 Å². The molecule has 2 aromatic rings. The van der Waals surface area contributed by atoms with Crippen LogP contribution in [0, 0.1) is 0 Å². The van der Waals surface area contributed by atoms with Gasteiger partial charge in [-0.2, -0.15) is 0 Å². The van der Waals surface area contributed by atoms with Gasteiger partial charge < -0.3 is 19.5 Å². The molecule has 0 bridgehead atoms. The number of carbonyl (C=O) groups is 1. The molecule has 3 rings (SSSR count). The molecule has 0 saturated carbocycles. The van der Waals surface area contributed by atoms with Gasteiger partial charge in [-0.05, 0) is 26.0 Å². The summed E-state index contributed by atoms with van der Waals surface area (Å²) >= 11 is 0. The fourth-order valence-corrected chi connectivity index (χ4v) is 2.56. The molecule has 1 aliphatic heterocycles. The lowest BCUT2D eigenvalue weighted by Crippen LogP contribution is -2.24. The van der Waals surface area contributed by atoms with Crippen molar-refractivity contribution in [1.29, 1.82) is 0 Å². The van der Waals surface area contributed by atoms with E-state index in [0.717, 1.165) is 12.0 Å². The maximum absolute atomic E-state index is 12.5. The predicted octanol–water partition coefficient (Wildman–Crippen LogP) is 2.36. The number of pyridine rings is 2. The smallest absolute Gasteiger partial charge is 0.251 e. The summed E-state index contributed by atoms with van der Waals surface area (Å²) < 4.78 is 16.7. The number of hydrogen-bond acceptors (Lipinski definition) is 6. The van der Waals surface area contributed by atoms with Crippen LogP contribution in [0.3, 0.4) is 0 Å². The zero-order valence-electron chi connectivity index (χ0n) is 15.0. The van der Waals surface area contributed by atoms with Gasteiger partial charge >= 0.3 is 0 Å². The largest absolute Gasteiger partial charge is 0.475 e. The maximum Gasteiger partial charge on any atom is 0.251 e. The Labute approximate surface area is 152 Å². The maximum atomic E-state index is 12.5. The molecule has 1 atom stereocenters. The van der Waals surface area contributed by atoms with Gasteiger partial charge in [0.25, 0.3) is 5.91 Å². The minimum Gasteiger partial charge on any atom is -0.475 e. The summed E-state index contributed by atoms with van der Waals surface area (Å²) in [6.07, 6.45) is 4.07. The van der Waals surface area contributed by atoms with E-state index < -0.39 is 0 Å². The van der Waals surface area contributed by atoms with E-state index in [-0.39, 0.29) is 18.1 Å². The molecule has 1 amide bonds. The molecule has 26 heavy (non-hydrogen) atoms. The van der Waals surface area contributed by atoms with Crippen molar-refractivity contribution in [3.63, 3.8) is 0 Å². The molecule has 138 valence electrons. The van der Waals surface area contributed by atoms with E-state index in [1.165, 1.54) is 0 Å². The molecule has 0 spiro atoms. The summed E-state index contributed by atoms with van der Waals surface area (Å²) in [5, 5.41) is 2.88. The van der Waals surface area contributed by atoms with Gasteiger partial charge in [-0.15, -0.1) is 0 Å². The lowest BCUT2D eigenvalue weighted by atomic mass is 10.2. The first-order valence-electron chi connectivity index (χ1n) is 8.71. The number of ether oxygens (including phenoxy) is 3. The zero-order chi connectivity index (χ0) is 18.4. The van der Waals surface area contributed by atoms with Gasteiger partial charge in [-0.25, -0.2) is 9.97 Å². The molecule has 0 aliphatic carbocycles. The van der Waals surface area contributed by atoms with Crippen molar-refractivity contribution in [2.75, 3.05) is 13.2 Å². The lowest BCUT2D eigenvalue weighted by molar-refractivity contribution is 0.0949. The van der Waals surface area contributed by atoms with Gasteiger partial charge in [-0.1, -0.05) is 6.07 Å². The summed E-state index contributed by atoms with van der Waals surface area (Å²) in [6.45, 7) is 5.44. The molecule has 7 heteroatoms. The first-order chi connectivity index (χ1) is 12.6. The molecular weight excluding hydrogens is 334 g/mol. The Kier molecular flexibility index (Phi) is 6.01. The molecule has 1 unspecified atom stereocenters.